The molecule has 0 radical (unpaired) electrons. The van der Waals surface area contributed by atoms with Crippen LogP contribution in [-0.2, 0) is 17.6 Å². The highest BCUT2D eigenvalue weighted by molar-refractivity contribution is 6.76. The Balaban J connectivity index is 1.91. The fourth-order valence-electron chi connectivity index (χ4n) is 2.71. The van der Waals surface area contributed by atoms with Gasteiger partial charge in [0.15, 0.2) is 0 Å². The largest absolute Gasteiger partial charge is 0.418 e. The second-order valence-electron chi connectivity index (χ2n) is 8.22. The van der Waals surface area contributed by atoms with E-state index in [4.69, 9.17) is 16.3 Å². The number of hydrogen-bond acceptors (Lipinski definition) is 4. The Labute approximate surface area is 162 Å². The van der Waals surface area contributed by atoms with Gasteiger partial charge in [-0.2, -0.15) is 18.2 Å². The van der Waals surface area contributed by atoms with Crippen molar-refractivity contribution >= 4 is 36.5 Å². The molecule has 0 aliphatic heterocycles. The Morgan fingerprint density at radius 1 is 1.30 bits per heavy atom. The zero-order valence-corrected chi connectivity index (χ0v) is 17.4. The predicted octanol–water partition coefficient (Wildman–Crippen LogP) is 5.24. The zero-order valence-electron chi connectivity index (χ0n) is 15.7. The predicted molar refractivity (Wildman–Crippen MR) is 103 cm³/mol. The summed E-state index contributed by atoms with van der Waals surface area (Å²) >= 11 is 5.98. The maximum absolute atomic E-state index is 13.6. The van der Waals surface area contributed by atoms with Gasteiger partial charge >= 0.3 is 6.18 Å². The number of fused-ring (bicyclic) bond motifs is 1. The zero-order chi connectivity index (χ0) is 19.8. The van der Waals surface area contributed by atoms with Gasteiger partial charge in [-0.25, -0.2) is 4.98 Å². The van der Waals surface area contributed by atoms with Gasteiger partial charge in [0.1, 0.15) is 18.2 Å². The van der Waals surface area contributed by atoms with Crippen molar-refractivity contribution in [3.05, 3.63) is 17.0 Å². The van der Waals surface area contributed by atoms with E-state index >= 15 is 0 Å². The van der Waals surface area contributed by atoms with Crippen LogP contribution in [0.2, 0.25) is 31.0 Å². The number of ether oxygens (including phenoxy) is 1. The summed E-state index contributed by atoms with van der Waals surface area (Å²) in [4.78, 5) is 8.06. The minimum absolute atomic E-state index is 0.00747. The molecule has 1 fully saturated rings. The number of rotatable bonds is 8. The molecule has 1 aliphatic rings. The smallest absolute Gasteiger partial charge is 0.369 e. The van der Waals surface area contributed by atoms with Crippen molar-refractivity contribution in [2.45, 2.75) is 51.4 Å². The molecule has 27 heavy (non-hydrogen) atoms. The van der Waals surface area contributed by atoms with E-state index in [0.29, 0.717) is 19.1 Å². The summed E-state index contributed by atoms with van der Waals surface area (Å²) in [6.45, 7) is 7.72. The SMILES string of the molecule is C[Si](C)(C)CCOCn1cc(C(F)(F)F)c2c(NCC3CC3)nc(Cl)nc21. The molecule has 2 aromatic heterocycles. The molecule has 1 aliphatic carbocycles. The lowest BCUT2D eigenvalue weighted by Crippen LogP contribution is -2.22. The maximum atomic E-state index is 13.6. The van der Waals surface area contributed by atoms with E-state index in [-0.39, 0.29) is 28.9 Å². The van der Waals surface area contributed by atoms with Crippen LogP contribution in [0.4, 0.5) is 19.0 Å². The first kappa shape index (κ1) is 20.4. The van der Waals surface area contributed by atoms with Crippen LogP contribution in [0, 0.1) is 5.92 Å². The lowest BCUT2D eigenvalue weighted by molar-refractivity contribution is -0.136. The molecule has 0 saturated heterocycles. The maximum Gasteiger partial charge on any atom is 0.418 e. The molecule has 2 heterocycles. The van der Waals surface area contributed by atoms with Crippen molar-refractivity contribution in [1.29, 1.82) is 0 Å². The molecule has 0 aromatic carbocycles. The van der Waals surface area contributed by atoms with Gasteiger partial charge in [-0.05, 0) is 36.4 Å². The minimum atomic E-state index is -4.52. The van der Waals surface area contributed by atoms with Crippen molar-refractivity contribution in [2.24, 2.45) is 5.92 Å². The molecule has 1 saturated carbocycles. The van der Waals surface area contributed by atoms with Crippen molar-refractivity contribution in [3.8, 4) is 0 Å². The fourth-order valence-corrected chi connectivity index (χ4v) is 3.63. The highest BCUT2D eigenvalue weighted by Gasteiger charge is 2.37. The van der Waals surface area contributed by atoms with Gasteiger partial charge in [-0.3, -0.25) is 0 Å². The third-order valence-electron chi connectivity index (χ3n) is 4.48. The monoisotopic (exact) mass is 420 g/mol. The molecule has 5 nitrogen and oxygen atoms in total. The summed E-state index contributed by atoms with van der Waals surface area (Å²) in [5.74, 6) is 0.611. The molecule has 150 valence electrons. The first-order valence-electron chi connectivity index (χ1n) is 9.00. The van der Waals surface area contributed by atoms with Crippen LogP contribution >= 0.6 is 11.6 Å². The van der Waals surface area contributed by atoms with Crippen molar-refractivity contribution < 1.29 is 17.9 Å². The van der Waals surface area contributed by atoms with E-state index in [1.54, 1.807) is 0 Å². The second-order valence-corrected chi connectivity index (χ2v) is 14.2. The van der Waals surface area contributed by atoms with Gasteiger partial charge in [0.2, 0.25) is 5.28 Å². The summed E-state index contributed by atoms with van der Waals surface area (Å²) in [6, 6.07) is 0.933. The van der Waals surface area contributed by atoms with E-state index in [1.165, 1.54) is 4.57 Å². The molecule has 0 atom stereocenters. The van der Waals surface area contributed by atoms with Crippen molar-refractivity contribution in [3.63, 3.8) is 0 Å². The van der Waals surface area contributed by atoms with E-state index in [1.807, 2.05) is 0 Å². The molecule has 0 unspecified atom stereocenters. The molecule has 3 rings (SSSR count). The third kappa shape index (κ3) is 5.36. The Bertz CT molecular complexity index is 815. The summed E-state index contributed by atoms with van der Waals surface area (Å²) in [5, 5.41) is 2.88. The summed E-state index contributed by atoms with van der Waals surface area (Å²) in [6.07, 6.45) is -1.33. The Morgan fingerprint density at radius 2 is 2.00 bits per heavy atom. The van der Waals surface area contributed by atoms with E-state index in [0.717, 1.165) is 25.1 Å². The molecular weight excluding hydrogens is 397 g/mol. The number of alkyl halides is 3. The van der Waals surface area contributed by atoms with Crippen LogP contribution in [0.3, 0.4) is 0 Å². The molecular formula is C17H24ClF3N4OSi. The number of hydrogen-bond donors (Lipinski definition) is 1. The first-order valence-corrected chi connectivity index (χ1v) is 13.1. The van der Waals surface area contributed by atoms with Gasteiger partial charge in [-0.15, -0.1) is 0 Å². The van der Waals surface area contributed by atoms with Crippen LogP contribution in [0.5, 0.6) is 0 Å². The average Bonchev–Trinajstić information content (AvgIpc) is 3.28. The fraction of sp³-hybridized carbons (Fsp3) is 0.647. The van der Waals surface area contributed by atoms with E-state index in [2.05, 4.69) is 34.9 Å². The standard InChI is InChI=1S/C17H24ClF3N4OSi/c1-27(2,3)7-6-26-10-25-9-12(17(19,20)21)13-14(22-8-11-4-5-11)23-16(18)24-15(13)25/h9,11H,4-8,10H2,1-3H3,(H,22,23,24). The summed E-state index contributed by atoms with van der Waals surface area (Å²) in [5.41, 5.74) is -0.644. The van der Waals surface area contributed by atoms with Crippen LogP contribution < -0.4 is 5.32 Å². The highest BCUT2D eigenvalue weighted by Crippen LogP contribution is 2.39. The number of halogens is 4. The molecule has 0 amide bonds. The van der Waals surface area contributed by atoms with Gasteiger partial charge in [0, 0.05) is 27.4 Å². The quantitative estimate of drug-likeness (QED) is 0.360. The van der Waals surface area contributed by atoms with E-state index < -0.39 is 19.8 Å². The molecule has 1 N–H and O–H groups in total. The van der Waals surface area contributed by atoms with Crippen molar-refractivity contribution in [2.75, 3.05) is 18.5 Å². The second kappa shape index (κ2) is 7.60. The number of anilines is 1. The highest BCUT2D eigenvalue weighted by atomic mass is 35.5. The third-order valence-corrected chi connectivity index (χ3v) is 6.35. The lowest BCUT2D eigenvalue weighted by Gasteiger charge is -2.15. The first-order chi connectivity index (χ1) is 12.5. The van der Waals surface area contributed by atoms with Crippen LogP contribution in [0.15, 0.2) is 6.20 Å². The minimum Gasteiger partial charge on any atom is -0.369 e. The molecule has 0 bridgehead atoms. The van der Waals surface area contributed by atoms with Crippen LogP contribution in [0.25, 0.3) is 11.0 Å². The van der Waals surface area contributed by atoms with E-state index in [9.17, 15) is 13.2 Å². The normalized spacial score (nSPS) is 15.5. The number of aromatic nitrogens is 3. The molecule has 10 heteroatoms. The summed E-state index contributed by atoms with van der Waals surface area (Å²) in [7, 11) is -1.28. The Kier molecular flexibility index (Phi) is 5.74. The van der Waals surface area contributed by atoms with Crippen LogP contribution in [-0.4, -0.2) is 35.8 Å². The number of nitrogens with one attached hydrogen (secondary N) is 1. The summed E-state index contributed by atoms with van der Waals surface area (Å²) < 4.78 is 47.8. The van der Waals surface area contributed by atoms with Gasteiger partial charge in [0.25, 0.3) is 0 Å². The molecule has 0 spiro atoms. The Hall–Kier alpha value is -1.32. The topological polar surface area (TPSA) is 52.0 Å². The van der Waals surface area contributed by atoms with Gasteiger partial charge < -0.3 is 14.6 Å². The van der Waals surface area contributed by atoms with Crippen molar-refractivity contribution in [1.82, 2.24) is 14.5 Å². The average molecular weight is 421 g/mol. The lowest BCUT2D eigenvalue weighted by atomic mass is 10.2. The number of nitrogens with zero attached hydrogens (tertiary/aromatic N) is 3. The van der Waals surface area contributed by atoms with Gasteiger partial charge in [0.05, 0.1) is 10.9 Å². The van der Waals surface area contributed by atoms with Crippen LogP contribution in [0.1, 0.15) is 18.4 Å². The molecule has 2 aromatic rings. The van der Waals surface area contributed by atoms with Gasteiger partial charge in [-0.1, -0.05) is 19.6 Å². The Morgan fingerprint density at radius 3 is 2.59 bits per heavy atom.